The van der Waals surface area contributed by atoms with E-state index < -0.39 is 0 Å². The molecule has 0 aliphatic rings. The Morgan fingerprint density at radius 2 is 2.29 bits per heavy atom. The fourth-order valence-corrected chi connectivity index (χ4v) is 0.273. The molecular weight excluding hydrogens is 135 g/mol. The summed E-state index contributed by atoms with van der Waals surface area (Å²) in [5.74, 6) is 0. The molecule has 1 nitrogen and oxygen atoms in total. The van der Waals surface area contributed by atoms with Crippen molar-refractivity contribution in [3.05, 3.63) is 10.6 Å². The van der Waals surface area contributed by atoms with Crippen molar-refractivity contribution in [1.29, 1.82) is 0 Å². The van der Waals surface area contributed by atoms with Gasteiger partial charge in [0.2, 0.25) is 6.29 Å². The Bertz CT molecular complexity index is 83.7. The largest absolute Gasteiger partial charge is 0.291 e. The summed E-state index contributed by atoms with van der Waals surface area (Å²) in [5.41, 5.74) is 0. The molecule has 1 radical (unpaired) electrons. The topological polar surface area (TPSA) is 17.1 Å². The first-order valence-electron chi connectivity index (χ1n) is 1.63. The van der Waals surface area contributed by atoms with Crippen LogP contribution in [0.5, 0.6) is 0 Å². The molecule has 0 aliphatic heterocycles. The van der Waals surface area contributed by atoms with Gasteiger partial charge < -0.3 is 0 Å². The second kappa shape index (κ2) is 4.16. The second-order valence-corrected chi connectivity index (χ2v) is 1.85. The van der Waals surface area contributed by atoms with Gasteiger partial charge >= 0.3 is 0 Å². The minimum atomic E-state index is 0.114. The van der Waals surface area contributed by atoms with E-state index >= 15 is 0 Å². The zero-order valence-corrected chi connectivity index (χ0v) is 4.96. The second-order valence-electron chi connectivity index (χ2n) is 0.842. The van der Waals surface area contributed by atoms with Crippen molar-refractivity contribution in [2.24, 2.45) is 0 Å². The lowest BCUT2D eigenvalue weighted by Gasteiger charge is -1.73. The lowest BCUT2D eigenvalue weighted by molar-refractivity contribution is 0.556. The fourth-order valence-electron chi connectivity index (χ4n) is 0.119. The highest BCUT2D eigenvalue weighted by molar-refractivity contribution is 6.55. The molecule has 0 N–H and O–H groups in total. The summed E-state index contributed by atoms with van der Waals surface area (Å²) in [6.07, 6.45) is 3.14. The molecule has 0 saturated heterocycles. The van der Waals surface area contributed by atoms with Crippen LogP contribution in [0.15, 0.2) is 10.6 Å². The molecule has 0 unspecified atom stereocenters. The summed E-state index contributed by atoms with van der Waals surface area (Å²) < 4.78 is 0.114. The van der Waals surface area contributed by atoms with Crippen molar-refractivity contribution >= 4 is 29.5 Å². The summed E-state index contributed by atoms with van der Waals surface area (Å²) >= 11 is 10.2. The molecular formula is C4H3Cl2O. The number of allylic oxidation sites excluding steroid dienone is 1. The van der Waals surface area contributed by atoms with Gasteiger partial charge in [0.25, 0.3) is 0 Å². The van der Waals surface area contributed by atoms with Gasteiger partial charge in [-0.2, -0.15) is 0 Å². The lowest BCUT2D eigenvalue weighted by atomic mass is 10.5. The van der Waals surface area contributed by atoms with E-state index in [-0.39, 0.29) is 10.9 Å². The van der Waals surface area contributed by atoms with Crippen LogP contribution in [-0.4, -0.2) is 6.29 Å². The summed E-state index contributed by atoms with van der Waals surface area (Å²) in [4.78, 5) is 9.42. The van der Waals surface area contributed by atoms with Gasteiger partial charge in [-0.05, 0) is 6.08 Å². The van der Waals surface area contributed by atoms with E-state index in [2.05, 4.69) is 0 Å². The van der Waals surface area contributed by atoms with Crippen LogP contribution in [0.4, 0.5) is 0 Å². The fraction of sp³-hybridized carbons (Fsp3) is 0.250. The van der Waals surface area contributed by atoms with Gasteiger partial charge in [0.1, 0.15) is 4.49 Å². The molecule has 0 amide bonds. The van der Waals surface area contributed by atoms with Gasteiger partial charge in [-0.1, -0.05) is 23.2 Å². The monoisotopic (exact) mass is 137 g/mol. The SMILES string of the molecule is O=[C]CC=C(Cl)Cl. The van der Waals surface area contributed by atoms with Crippen molar-refractivity contribution < 1.29 is 4.79 Å². The van der Waals surface area contributed by atoms with Crippen molar-refractivity contribution in [3.63, 3.8) is 0 Å². The van der Waals surface area contributed by atoms with Gasteiger partial charge in [-0.25, -0.2) is 0 Å². The zero-order chi connectivity index (χ0) is 5.70. The Morgan fingerprint density at radius 3 is 2.43 bits per heavy atom. The third kappa shape index (κ3) is 5.99. The average Bonchev–Trinajstić information content (AvgIpc) is 1.61. The highest BCUT2D eigenvalue weighted by Gasteiger charge is 1.79. The first kappa shape index (κ1) is 6.99. The van der Waals surface area contributed by atoms with Crippen LogP contribution >= 0.6 is 23.2 Å². The summed E-state index contributed by atoms with van der Waals surface area (Å²) in [6.45, 7) is 0. The Labute approximate surface area is 51.9 Å². The first-order chi connectivity index (χ1) is 3.27. The van der Waals surface area contributed by atoms with Crippen molar-refractivity contribution in [1.82, 2.24) is 0 Å². The van der Waals surface area contributed by atoms with Crippen LogP contribution in [0.3, 0.4) is 0 Å². The minimum absolute atomic E-state index is 0.114. The summed E-state index contributed by atoms with van der Waals surface area (Å²) in [5, 5.41) is 0. The summed E-state index contributed by atoms with van der Waals surface area (Å²) in [7, 11) is 0. The maximum atomic E-state index is 9.42. The van der Waals surface area contributed by atoms with E-state index in [0.29, 0.717) is 0 Å². The molecule has 0 bridgehead atoms. The standard InChI is InChI=1S/C4H3Cl2O/c5-4(6)2-1-3-7/h2H,1H2. The molecule has 7 heavy (non-hydrogen) atoms. The third-order valence-electron chi connectivity index (χ3n) is 0.340. The van der Waals surface area contributed by atoms with Crippen molar-refractivity contribution in [2.45, 2.75) is 6.42 Å². The number of hydrogen-bond donors (Lipinski definition) is 0. The molecule has 0 aromatic rings. The Hall–Kier alpha value is -0.0100. The van der Waals surface area contributed by atoms with Crippen molar-refractivity contribution in [2.75, 3.05) is 0 Å². The average molecular weight is 138 g/mol. The third-order valence-corrected chi connectivity index (χ3v) is 0.648. The van der Waals surface area contributed by atoms with E-state index in [1.165, 1.54) is 6.08 Å². The molecule has 39 valence electrons. The van der Waals surface area contributed by atoms with Crippen LogP contribution in [-0.2, 0) is 4.79 Å². The smallest absolute Gasteiger partial charge is 0.202 e. The number of hydrogen-bond acceptors (Lipinski definition) is 1. The molecule has 0 aromatic carbocycles. The van der Waals surface area contributed by atoms with Crippen LogP contribution in [0.1, 0.15) is 6.42 Å². The number of carbonyl (C=O) groups excluding carboxylic acids is 1. The van der Waals surface area contributed by atoms with Crippen LogP contribution < -0.4 is 0 Å². The molecule has 0 aliphatic carbocycles. The van der Waals surface area contributed by atoms with Gasteiger partial charge in [0.15, 0.2) is 0 Å². The highest BCUT2D eigenvalue weighted by Crippen LogP contribution is 2.05. The maximum absolute atomic E-state index is 9.42. The molecule has 3 heteroatoms. The van der Waals surface area contributed by atoms with Gasteiger partial charge in [-0.15, -0.1) is 0 Å². The highest BCUT2D eigenvalue weighted by atomic mass is 35.5. The molecule has 0 saturated carbocycles. The number of rotatable bonds is 2. The zero-order valence-electron chi connectivity index (χ0n) is 3.45. The van der Waals surface area contributed by atoms with Gasteiger partial charge in [0, 0.05) is 6.42 Å². The predicted octanol–water partition coefficient (Wildman–Crippen LogP) is 1.81. The predicted molar refractivity (Wildman–Crippen MR) is 30.1 cm³/mol. The minimum Gasteiger partial charge on any atom is -0.291 e. The first-order valence-corrected chi connectivity index (χ1v) is 2.39. The maximum Gasteiger partial charge on any atom is 0.202 e. The van der Waals surface area contributed by atoms with Gasteiger partial charge in [-0.3, -0.25) is 4.79 Å². The van der Waals surface area contributed by atoms with E-state index in [0.717, 1.165) is 0 Å². The molecule has 0 spiro atoms. The Kier molecular flexibility index (Phi) is 4.15. The molecule has 0 aromatic heterocycles. The lowest BCUT2D eigenvalue weighted by Crippen LogP contribution is -1.63. The van der Waals surface area contributed by atoms with Gasteiger partial charge in [0.05, 0.1) is 0 Å². The molecule has 0 atom stereocenters. The van der Waals surface area contributed by atoms with Crippen LogP contribution in [0.2, 0.25) is 0 Å². The van der Waals surface area contributed by atoms with E-state index in [1.807, 2.05) is 0 Å². The molecule has 0 fully saturated rings. The normalized spacial score (nSPS) is 7.71. The quantitative estimate of drug-likeness (QED) is 0.568. The van der Waals surface area contributed by atoms with E-state index in [4.69, 9.17) is 23.2 Å². The Balaban J connectivity index is 3.25. The van der Waals surface area contributed by atoms with E-state index in [9.17, 15) is 4.79 Å². The van der Waals surface area contributed by atoms with Crippen molar-refractivity contribution in [3.8, 4) is 0 Å². The van der Waals surface area contributed by atoms with Crippen LogP contribution in [0.25, 0.3) is 0 Å². The van der Waals surface area contributed by atoms with E-state index in [1.54, 1.807) is 6.29 Å². The van der Waals surface area contributed by atoms with Crippen LogP contribution in [0, 0.1) is 0 Å². The molecule has 0 heterocycles. The Morgan fingerprint density at radius 1 is 1.71 bits per heavy atom. The molecule has 0 rings (SSSR count). The number of halogens is 2. The summed E-state index contributed by atoms with van der Waals surface area (Å²) in [6, 6.07) is 0.